The first-order chi connectivity index (χ1) is 13.7. The number of carbonyl (C=O) groups excluding carboxylic acids is 2. The van der Waals surface area contributed by atoms with Crippen LogP contribution in [0.4, 0.5) is 9.59 Å². The van der Waals surface area contributed by atoms with Gasteiger partial charge in [0, 0.05) is 0 Å². The largest absolute Gasteiger partial charge is 0.443 e. The maximum atomic E-state index is 12.8. The molecule has 2 aromatic carbocycles. The molecule has 0 aromatic heterocycles. The van der Waals surface area contributed by atoms with Gasteiger partial charge in [-0.1, -0.05) is 35.9 Å². The number of nitrogens with two attached hydrogens (primary N) is 1. The topological polar surface area (TPSA) is 94.2 Å². The third kappa shape index (κ3) is 7.06. The normalized spacial score (nSPS) is 12.6. The summed E-state index contributed by atoms with van der Waals surface area (Å²) in [6.45, 7) is 12.5. The van der Waals surface area contributed by atoms with Crippen LogP contribution in [0.3, 0.4) is 0 Å². The molecule has 0 unspecified atom stereocenters. The van der Waals surface area contributed by atoms with E-state index in [1.165, 1.54) is 5.56 Å². The van der Waals surface area contributed by atoms with E-state index in [0.29, 0.717) is 0 Å². The van der Waals surface area contributed by atoms with Crippen LogP contribution in [0.15, 0.2) is 41.4 Å². The lowest BCUT2D eigenvalue weighted by molar-refractivity contribution is 0.0356. The van der Waals surface area contributed by atoms with Crippen molar-refractivity contribution in [1.29, 1.82) is 0 Å². The number of guanidine groups is 1. The van der Waals surface area contributed by atoms with Crippen LogP contribution in [0.25, 0.3) is 10.8 Å². The zero-order valence-corrected chi connectivity index (χ0v) is 18.8. The van der Waals surface area contributed by atoms with Crippen LogP contribution < -0.4 is 5.73 Å². The minimum Gasteiger partial charge on any atom is -0.443 e. The smallest absolute Gasteiger partial charge is 0.437 e. The molecule has 0 bridgehead atoms. The van der Waals surface area contributed by atoms with E-state index in [1.54, 1.807) is 41.5 Å². The molecular weight excluding hydrogens is 382 g/mol. The summed E-state index contributed by atoms with van der Waals surface area (Å²) in [5, 5.41) is 2.13. The van der Waals surface area contributed by atoms with Crippen LogP contribution in [-0.4, -0.2) is 34.2 Å². The summed E-state index contributed by atoms with van der Waals surface area (Å²) < 4.78 is 10.6. The highest BCUT2D eigenvalue weighted by atomic mass is 16.6. The Balaban J connectivity index is 2.34. The molecule has 0 atom stereocenters. The average Bonchev–Trinajstić information content (AvgIpc) is 2.56. The van der Waals surface area contributed by atoms with Gasteiger partial charge in [-0.25, -0.2) is 14.5 Å². The Morgan fingerprint density at radius 3 is 2.10 bits per heavy atom. The molecule has 2 aromatic rings. The van der Waals surface area contributed by atoms with E-state index in [0.717, 1.165) is 21.2 Å². The molecule has 2 N–H and O–H groups in total. The number of amides is 2. The van der Waals surface area contributed by atoms with Gasteiger partial charge in [0.15, 0.2) is 0 Å². The zero-order valence-electron chi connectivity index (χ0n) is 18.8. The first-order valence-corrected chi connectivity index (χ1v) is 9.80. The summed E-state index contributed by atoms with van der Waals surface area (Å²) in [5.41, 5.74) is 6.54. The maximum Gasteiger partial charge on any atom is 0.437 e. The summed E-state index contributed by atoms with van der Waals surface area (Å²) in [4.78, 5) is 29.7. The molecule has 2 rings (SSSR count). The summed E-state index contributed by atoms with van der Waals surface area (Å²) in [5.74, 6) is -0.289. The first kappa shape index (κ1) is 23.2. The summed E-state index contributed by atoms with van der Waals surface area (Å²) in [6.07, 6.45) is -1.57. The van der Waals surface area contributed by atoms with Gasteiger partial charge in [-0.05, 0) is 70.9 Å². The van der Waals surface area contributed by atoms with E-state index in [1.807, 2.05) is 37.3 Å². The van der Waals surface area contributed by atoms with Crippen molar-refractivity contribution in [3.05, 3.63) is 47.5 Å². The van der Waals surface area contributed by atoms with Gasteiger partial charge in [-0.15, -0.1) is 4.99 Å². The zero-order chi connectivity index (χ0) is 22.7. The highest BCUT2D eigenvalue weighted by Gasteiger charge is 2.26. The Kier molecular flexibility index (Phi) is 6.75. The number of aliphatic imine (C=N–C) groups is 1. The molecule has 0 heterocycles. The average molecular weight is 414 g/mol. The number of hydrogen-bond donors (Lipinski definition) is 1. The third-order valence-electron chi connectivity index (χ3n) is 3.89. The van der Waals surface area contributed by atoms with Gasteiger partial charge in [0.25, 0.3) is 0 Å². The highest BCUT2D eigenvalue weighted by Crippen LogP contribution is 2.20. The molecule has 7 heteroatoms. The van der Waals surface area contributed by atoms with Crippen LogP contribution in [0.2, 0.25) is 0 Å². The molecule has 30 heavy (non-hydrogen) atoms. The predicted molar refractivity (Wildman–Crippen MR) is 118 cm³/mol. The molecule has 0 aliphatic rings. The number of rotatable bonds is 2. The van der Waals surface area contributed by atoms with Crippen LogP contribution >= 0.6 is 0 Å². The van der Waals surface area contributed by atoms with Crippen molar-refractivity contribution in [2.24, 2.45) is 10.7 Å². The lowest BCUT2D eigenvalue weighted by Gasteiger charge is -2.27. The van der Waals surface area contributed by atoms with Crippen molar-refractivity contribution in [2.75, 3.05) is 0 Å². The fraction of sp³-hybridized carbons (Fsp3) is 0.435. The Morgan fingerprint density at radius 2 is 1.50 bits per heavy atom. The lowest BCUT2D eigenvalue weighted by atomic mass is 10.0. The fourth-order valence-electron chi connectivity index (χ4n) is 2.69. The van der Waals surface area contributed by atoms with E-state index < -0.39 is 23.4 Å². The van der Waals surface area contributed by atoms with Crippen molar-refractivity contribution in [3.8, 4) is 0 Å². The van der Waals surface area contributed by atoms with Gasteiger partial charge in [-0.2, -0.15) is 0 Å². The van der Waals surface area contributed by atoms with Crippen LogP contribution in [-0.2, 0) is 16.0 Å². The number of benzene rings is 2. The van der Waals surface area contributed by atoms with Crippen molar-refractivity contribution < 1.29 is 19.1 Å². The summed E-state index contributed by atoms with van der Waals surface area (Å²) in [6, 6.07) is 12.0. The Hall–Kier alpha value is -3.09. The molecule has 7 nitrogen and oxygen atoms in total. The molecule has 162 valence electrons. The number of fused-ring (bicyclic) bond motifs is 1. The lowest BCUT2D eigenvalue weighted by Crippen LogP contribution is -2.44. The quantitative estimate of drug-likeness (QED) is 0.544. The van der Waals surface area contributed by atoms with Gasteiger partial charge in [-0.3, -0.25) is 0 Å². The fourth-order valence-corrected chi connectivity index (χ4v) is 2.69. The molecule has 0 saturated carbocycles. The Bertz CT molecular complexity index is 969. The molecule has 0 aliphatic heterocycles. The van der Waals surface area contributed by atoms with Crippen molar-refractivity contribution in [3.63, 3.8) is 0 Å². The van der Waals surface area contributed by atoms with E-state index in [2.05, 4.69) is 11.1 Å². The second-order valence-electron chi connectivity index (χ2n) is 9.20. The van der Waals surface area contributed by atoms with Gasteiger partial charge in [0.05, 0.1) is 6.54 Å². The monoisotopic (exact) mass is 413 g/mol. The van der Waals surface area contributed by atoms with Crippen molar-refractivity contribution in [1.82, 2.24) is 4.90 Å². The van der Waals surface area contributed by atoms with Crippen LogP contribution in [0.1, 0.15) is 52.7 Å². The van der Waals surface area contributed by atoms with Gasteiger partial charge < -0.3 is 15.2 Å². The van der Waals surface area contributed by atoms with E-state index in [4.69, 9.17) is 15.2 Å². The third-order valence-corrected chi connectivity index (χ3v) is 3.89. The van der Waals surface area contributed by atoms with E-state index >= 15 is 0 Å². The van der Waals surface area contributed by atoms with E-state index in [-0.39, 0.29) is 12.5 Å². The number of aryl methyl sites for hydroxylation is 1. The van der Waals surface area contributed by atoms with Crippen molar-refractivity contribution in [2.45, 2.75) is 66.2 Å². The molecule has 0 radical (unpaired) electrons. The maximum absolute atomic E-state index is 12.8. The van der Waals surface area contributed by atoms with Crippen molar-refractivity contribution >= 4 is 28.9 Å². The molecule has 0 aliphatic carbocycles. The number of carbonyl (C=O) groups is 2. The SMILES string of the molecule is Cc1ccc2cc(CN(C(=O)OC(C)(C)C)/C(N)=N\C(=O)OC(C)(C)C)ccc2c1. The van der Waals surface area contributed by atoms with Crippen LogP contribution in [0.5, 0.6) is 0 Å². The minimum absolute atomic E-state index is 0.0941. The molecule has 2 amide bonds. The molecular formula is C23H31N3O4. The molecule has 0 fully saturated rings. The Morgan fingerprint density at radius 1 is 0.933 bits per heavy atom. The number of hydrogen-bond acceptors (Lipinski definition) is 4. The van der Waals surface area contributed by atoms with Gasteiger partial charge in [0.1, 0.15) is 11.2 Å². The first-order valence-electron chi connectivity index (χ1n) is 9.80. The number of ether oxygens (including phenoxy) is 2. The predicted octanol–water partition coefficient (Wildman–Crippen LogP) is 5.14. The van der Waals surface area contributed by atoms with Gasteiger partial charge >= 0.3 is 12.2 Å². The second-order valence-corrected chi connectivity index (χ2v) is 9.20. The molecule has 0 saturated heterocycles. The summed E-state index contributed by atoms with van der Waals surface area (Å²) >= 11 is 0. The standard InChI is InChI=1S/C23H31N3O4/c1-15-8-10-18-13-16(9-11-17(18)12-15)14-26(21(28)30-23(5,6)7)19(24)25-20(27)29-22(2,3)4/h8-13H,14H2,1-7H3,(H2,24,25,27). The summed E-state index contributed by atoms with van der Waals surface area (Å²) in [7, 11) is 0. The van der Waals surface area contributed by atoms with E-state index in [9.17, 15) is 9.59 Å². The second kappa shape index (κ2) is 8.73. The Labute approximate surface area is 177 Å². The number of nitrogens with zero attached hydrogens (tertiary/aromatic N) is 2. The molecule has 0 spiro atoms. The minimum atomic E-state index is -0.873. The van der Waals surface area contributed by atoms with Crippen LogP contribution in [0, 0.1) is 6.92 Å². The van der Waals surface area contributed by atoms with Gasteiger partial charge in [0.2, 0.25) is 5.96 Å². The highest BCUT2D eigenvalue weighted by molar-refractivity contribution is 5.98.